The van der Waals surface area contributed by atoms with Gasteiger partial charge in [0.2, 0.25) is 6.57 Å². The van der Waals surface area contributed by atoms with Crippen molar-refractivity contribution in [3.05, 3.63) is 23.3 Å². The highest BCUT2D eigenvalue weighted by atomic mass is 32.4. The summed E-state index contributed by atoms with van der Waals surface area (Å²) in [6.45, 7) is 1.08. The number of phenols is 1. The monoisotopic (exact) mass is 288 g/mol. The zero-order valence-electron chi connectivity index (χ0n) is 10.8. The molecule has 1 unspecified atom stereocenters. The van der Waals surface area contributed by atoms with Crippen molar-refractivity contribution in [2.24, 2.45) is 5.50 Å². The van der Waals surface area contributed by atoms with Gasteiger partial charge in [0.1, 0.15) is 5.75 Å². The summed E-state index contributed by atoms with van der Waals surface area (Å²) in [6.07, 6.45) is 3.67. The van der Waals surface area contributed by atoms with Crippen LogP contribution in [0.2, 0.25) is 0 Å². The van der Waals surface area contributed by atoms with Gasteiger partial charge in [0.05, 0.1) is 5.69 Å². The lowest BCUT2D eigenvalue weighted by atomic mass is 10.0. The van der Waals surface area contributed by atoms with Crippen LogP contribution < -0.4 is 10.6 Å². The van der Waals surface area contributed by atoms with Crippen LogP contribution >= 0.6 is 6.57 Å². The molecular weight excluding hydrogens is 267 g/mol. The fourth-order valence-electron chi connectivity index (χ4n) is 1.91. The average molecular weight is 288 g/mol. The molecule has 5 N–H and O–H groups in total. The molecule has 0 aliphatic carbocycles. The first-order chi connectivity index (χ1) is 8.37. The van der Waals surface area contributed by atoms with E-state index in [4.69, 9.17) is 17.3 Å². The van der Waals surface area contributed by atoms with Gasteiger partial charge in [-0.1, -0.05) is 32.8 Å². The SMILES string of the molecule is CCCc1cc(CCC)c(O)c(NP(N)(O)=S)c1. The first-order valence-corrected chi connectivity index (χ1v) is 8.94. The highest BCUT2D eigenvalue weighted by molar-refractivity contribution is 8.11. The largest absolute Gasteiger partial charge is 0.505 e. The van der Waals surface area contributed by atoms with E-state index in [1.165, 1.54) is 0 Å². The van der Waals surface area contributed by atoms with E-state index in [0.717, 1.165) is 36.8 Å². The van der Waals surface area contributed by atoms with Crippen LogP contribution in [0.25, 0.3) is 0 Å². The van der Waals surface area contributed by atoms with Crippen LogP contribution in [0, 0.1) is 0 Å². The lowest BCUT2D eigenvalue weighted by Gasteiger charge is -2.17. The zero-order chi connectivity index (χ0) is 13.8. The summed E-state index contributed by atoms with van der Waals surface area (Å²) in [5.74, 6) is 0.144. The molecule has 0 aliphatic heterocycles. The molecule has 0 radical (unpaired) electrons. The number of benzene rings is 1. The third-order valence-corrected chi connectivity index (χ3v) is 3.42. The number of phenolic OH excluding ortho intramolecular Hbond substituents is 1. The minimum absolute atomic E-state index is 0.144. The standard InChI is InChI=1S/C12H21N2O2PS/c1-3-5-9-7-10(6-4-2)12(15)11(8-9)14-17(13,16)18/h7-8,15H,3-6H2,1-2H3,(H4,13,14,16,18). The van der Waals surface area contributed by atoms with E-state index in [-0.39, 0.29) is 5.75 Å². The van der Waals surface area contributed by atoms with Gasteiger partial charge in [0.25, 0.3) is 0 Å². The van der Waals surface area contributed by atoms with Crippen LogP contribution in [0.1, 0.15) is 37.8 Å². The fraction of sp³-hybridized carbons (Fsp3) is 0.500. The molecule has 1 atom stereocenters. The number of aromatic hydroxyl groups is 1. The second kappa shape index (κ2) is 6.53. The predicted molar refractivity (Wildman–Crippen MR) is 80.4 cm³/mol. The normalized spacial score (nSPS) is 14.2. The third kappa shape index (κ3) is 4.58. The van der Waals surface area contributed by atoms with E-state index in [9.17, 15) is 10.00 Å². The summed E-state index contributed by atoms with van der Waals surface area (Å²) < 4.78 is 0. The second-order valence-electron chi connectivity index (χ2n) is 4.39. The first-order valence-electron chi connectivity index (χ1n) is 6.11. The van der Waals surface area contributed by atoms with Crippen molar-refractivity contribution in [1.82, 2.24) is 0 Å². The molecule has 102 valence electrons. The third-order valence-electron chi connectivity index (χ3n) is 2.59. The molecule has 0 aliphatic rings. The Hall–Kier alpha value is -0.610. The van der Waals surface area contributed by atoms with E-state index in [0.29, 0.717) is 5.69 Å². The van der Waals surface area contributed by atoms with Crippen molar-refractivity contribution in [1.29, 1.82) is 0 Å². The fourth-order valence-corrected chi connectivity index (χ4v) is 2.72. The maximum Gasteiger partial charge on any atom is 0.218 e. The number of nitrogens with one attached hydrogen (secondary N) is 1. The molecule has 0 spiro atoms. The number of hydrogen-bond donors (Lipinski definition) is 4. The molecule has 0 saturated heterocycles. The van der Waals surface area contributed by atoms with Crippen molar-refractivity contribution >= 4 is 24.1 Å². The second-order valence-corrected chi connectivity index (χ2v) is 7.53. The Morgan fingerprint density at radius 3 is 2.39 bits per heavy atom. The molecule has 0 fully saturated rings. The molecule has 0 bridgehead atoms. The number of rotatable bonds is 6. The highest BCUT2D eigenvalue weighted by Gasteiger charge is 2.13. The minimum Gasteiger partial charge on any atom is -0.505 e. The molecule has 1 rings (SSSR count). The summed E-state index contributed by atoms with van der Waals surface area (Å²) in [5, 5.41) is 12.8. The van der Waals surface area contributed by atoms with E-state index < -0.39 is 6.57 Å². The highest BCUT2D eigenvalue weighted by Crippen LogP contribution is 2.39. The Morgan fingerprint density at radius 1 is 1.28 bits per heavy atom. The van der Waals surface area contributed by atoms with Crippen molar-refractivity contribution in [3.8, 4) is 5.75 Å². The Bertz CT molecular complexity index is 460. The van der Waals surface area contributed by atoms with Crippen LogP contribution in [-0.4, -0.2) is 10.00 Å². The van der Waals surface area contributed by atoms with Gasteiger partial charge < -0.3 is 15.1 Å². The van der Waals surface area contributed by atoms with E-state index >= 15 is 0 Å². The van der Waals surface area contributed by atoms with E-state index in [1.54, 1.807) is 0 Å². The molecule has 0 aromatic heterocycles. The number of anilines is 1. The molecule has 4 nitrogen and oxygen atoms in total. The summed E-state index contributed by atoms with van der Waals surface area (Å²) in [5.41, 5.74) is 7.87. The van der Waals surface area contributed by atoms with Crippen LogP contribution in [0.4, 0.5) is 5.69 Å². The van der Waals surface area contributed by atoms with Crippen molar-refractivity contribution in [2.45, 2.75) is 39.5 Å². The smallest absolute Gasteiger partial charge is 0.218 e. The van der Waals surface area contributed by atoms with Crippen molar-refractivity contribution in [2.75, 3.05) is 5.09 Å². The molecule has 0 amide bonds. The summed E-state index contributed by atoms with van der Waals surface area (Å²) >= 11 is 4.76. The lowest BCUT2D eigenvalue weighted by molar-refractivity contribution is 0.469. The van der Waals surface area contributed by atoms with E-state index in [2.05, 4.69) is 18.9 Å². The molecule has 1 aromatic carbocycles. The Balaban J connectivity index is 3.17. The maximum absolute atomic E-state index is 10.1. The summed E-state index contributed by atoms with van der Waals surface area (Å²) in [6, 6.07) is 3.81. The van der Waals surface area contributed by atoms with E-state index in [1.807, 2.05) is 12.1 Å². The number of nitrogens with two attached hydrogens (primary N) is 1. The van der Waals surface area contributed by atoms with Crippen LogP contribution in [0.15, 0.2) is 12.1 Å². The molecule has 6 heteroatoms. The van der Waals surface area contributed by atoms with Gasteiger partial charge in [-0.25, -0.2) is 0 Å². The van der Waals surface area contributed by atoms with Gasteiger partial charge >= 0.3 is 0 Å². The van der Waals surface area contributed by atoms with Crippen molar-refractivity contribution < 1.29 is 10.00 Å². The molecule has 18 heavy (non-hydrogen) atoms. The van der Waals surface area contributed by atoms with Crippen LogP contribution in [-0.2, 0) is 24.6 Å². The molecule has 0 saturated carbocycles. The van der Waals surface area contributed by atoms with Gasteiger partial charge in [-0.05, 0) is 41.8 Å². The summed E-state index contributed by atoms with van der Waals surface area (Å²) in [7, 11) is 0. The maximum atomic E-state index is 10.1. The number of hydrogen-bond acceptors (Lipinski definition) is 2. The Morgan fingerprint density at radius 2 is 1.89 bits per heavy atom. The van der Waals surface area contributed by atoms with Gasteiger partial charge in [-0.15, -0.1) is 0 Å². The molecule has 0 heterocycles. The molecule has 1 aromatic rings. The van der Waals surface area contributed by atoms with Gasteiger partial charge in [-0.3, -0.25) is 5.50 Å². The predicted octanol–water partition coefficient (Wildman–Crippen LogP) is 2.88. The Kier molecular flexibility index (Phi) is 5.60. The van der Waals surface area contributed by atoms with Gasteiger partial charge in [0.15, 0.2) is 0 Å². The van der Waals surface area contributed by atoms with Gasteiger partial charge in [0, 0.05) is 0 Å². The van der Waals surface area contributed by atoms with Crippen LogP contribution in [0.5, 0.6) is 5.75 Å². The quantitative estimate of drug-likeness (QED) is 0.478. The topological polar surface area (TPSA) is 78.5 Å². The molecular formula is C12H21N2O2PS. The average Bonchev–Trinajstić information content (AvgIpc) is 2.23. The zero-order valence-corrected chi connectivity index (χ0v) is 12.5. The minimum atomic E-state index is -3.07. The number of aryl methyl sites for hydroxylation is 2. The Labute approximate surface area is 113 Å². The van der Waals surface area contributed by atoms with Crippen molar-refractivity contribution in [3.63, 3.8) is 0 Å². The van der Waals surface area contributed by atoms with Gasteiger partial charge in [-0.2, -0.15) is 0 Å². The van der Waals surface area contributed by atoms with Crippen LogP contribution in [0.3, 0.4) is 0 Å². The lowest BCUT2D eigenvalue weighted by Crippen LogP contribution is -2.05. The first kappa shape index (κ1) is 15.4. The summed E-state index contributed by atoms with van der Waals surface area (Å²) in [4.78, 5) is 9.52.